The fourth-order valence-corrected chi connectivity index (χ4v) is 5.54. The third kappa shape index (κ3) is 4.82. The van der Waals surface area contributed by atoms with Crippen molar-refractivity contribution >= 4 is 39.7 Å². The van der Waals surface area contributed by atoms with Gasteiger partial charge in [-0.05, 0) is 106 Å². The van der Waals surface area contributed by atoms with Crippen LogP contribution in [-0.4, -0.2) is 41.8 Å². The van der Waals surface area contributed by atoms with E-state index in [0.717, 1.165) is 71.8 Å². The number of fused-ring (bicyclic) bond motifs is 1. The Labute approximate surface area is 211 Å². The van der Waals surface area contributed by atoms with Crippen molar-refractivity contribution in [1.29, 1.82) is 0 Å². The summed E-state index contributed by atoms with van der Waals surface area (Å²) in [6.45, 7) is 1.83. The number of anilines is 1. The zero-order chi connectivity index (χ0) is 24.7. The number of aryl methyl sites for hydroxylation is 1. The molecule has 0 amide bonds. The predicted molar refractivity (Wildman–Crippen MR) is 143 cm³/mol. The highest BCUT2D eigenvalue weighted by Crippen LogP contribution is 2.40. The summed E-state index contributed by atoms with van der Waals surface area (Å²) in [5.41, 5.74) is 5.30. The fourth-order valence-electron chi connectivity index (χ4n) is 5.24. The molecule has 35 heavy (non-hydrogen) atoms. The van der Waals surface area contributed by atoms with Gasteiger partial charge in [0.05, 0.1) is 21.8 Å². The monoisotopic (exact) mass is 490 g/mol. The van der Waals surface area contributed by atoms with Crippen LogP contribution in [0.15, 0.2) is 41.7 Å². The molecule has 3 aromatic rings. The molecule has 2 fully saturated rings. The van der Waals surface area contributed by atoms with Crippen molar-refractivity contribution in [3.63, 3.8) is 0 Å². The number of hydrogen-bond donors (Lipinski definition) is 1. The maximum atomic E-state index is 13.2. The van der Waals surface area contributed by atoms with E-state index in [1.165, 1.54) is 0 Å². The zero-order valence-electron chi connectivity index (χ0n) is 20.5. The van der Waals surface area contributed by atoms with Crippen molar-refractivity contribution in [3.05, 3.63) is 57.6 Å². The molecule has 5 rings (SSSR count). The molecular weight excluding hydrogens is 460 g/mol. The second-order valence-electron chi connectivity index (χ2n) is 10.2. The molecule has 2 aromatic carbocycles. The molecule has 7 heteroatoms. The number of nitrogens with one attached hydrogen (secondary N) is 1. The van der Waals surface area contributed by atoms with Gasteiger partial charge in [0.1, 0.15) is 5.69 Å². The number of nitrogens with zero attached hydrogens (tertiary/aromatic N) is 3. The highest BCUT2D eigenvalue weighted by molar-refractivity contribution is 6.33. The smallest absolute Gasteiger partial charge is 0.169 e. The molecule has 6 nitrogen and oxygen atoms in total. The van der Waals surface area contributed by atoms with E-state index >= 15 is 0 Å². The maximum absolute atomic E-state index is 13.2. The van der Waals surface area contributed by atoms with Crippen LogP contribution in [0.25, 0.3) is 22.0 Å². The van der Waals surface area contributed by atoms with Crippen LogP contribution in [0.2, 0.25) is 5.02 Å². The molecule has 0 unspecified atom stereocenters. The largest absolute Gasteiger partial charge is 0.381 e. The molecule has 1 aromatic heterocycles. The number of carbonyl (C=O) groups is 1. The van der Waals surface area contributed by atoms with E-state index < -0.39 is 0 Å². The molecule has 0 bridgehead atoms. The first-order valence-corrected chi connectivity index (χ1v) is 12.8. The normalized spacial score (nSPS) is 20.3. The average molecular weight is 491 g/mol. The highest BCUT2D eigenvalue weighted by Gasteiger charge is 2.33. The van der Waals surface area contributed by atoms with Crippen molar-refractivity contribution in [3.8, 4) is 11.1 Å². The number of rotatable bonds is 7. The zero-order valence-corrected chi connectivity index (χ0v) is 21.2. The standard InChI is InChI=1S/C28H31ClN4O2/c1-16-12-19(14-24(29)26(16)32-35)18-6-11-25-22(13-18)27(23(15-30-25)28(34)17-4-5-17)31-20-7-9-21(10-8-20)33(2)3/h6,11-15,17,20-21H,4-5,7-10H2,1-3H3,(H,30,31). The summed E-state index contributed by atoms with van der Waals surface area (Å²) in [6, 6.07) is 10.7. The van der Waals surface area contributed by atoms with Gasteiger partial charge >= 0.3 is 0 Å². The van der Waals surface area contributed by atoms with Gasteiger partial charge in [-0.15, -0.1) is 4.91 Å². The Kier molecular flexibility index (Phi) is 6.60. The molecule has 0 radical (unpaired) electrons. The second kappa shape index (κ2) is 9.67. The second-order valence-corrected chi connectivity index (χ2v) is 10.7. The first-order chi connectivity index (χ1) is 16.9. The molecular formula is C28H31ClN4O2. The van der Waals surface area contributed by atoms with Crippen molar-refractivity contribution in [1.82, 2.24) is 9.88 Å². The van der Waals surface area contributed by atoms with Gasteiger partial charge in [0.15, 0.2) is 5.78 Å². The van der Waals surface area contributed by atoms with Crippen LogP contribution in [0.4, 0.5) is 11.4 Å². The minimum Gasteiger partial charge on any atom is -0.381 e. The lowest BCUT2D eigenvalue weighted by Gasteiger charge is -2.34. The Bertz CT molecular complexity index is 1270. The Morgan fingerprint density at radius 3 is 2.43 bits per heavy atom. The van der Waals surface area contributed by atoms with Crippen LogP contribution >= 0.6 is 11.6 Å². The van der Waals surface area contributed by atoms with Crippen LogP contribution in [0, 0.1) is 17.7 Å². The van der Waals surface area contributed by atoms with Gasteiger partial charge in [-0.1, -0.05) is 17.7 Å². The van der Waals surface area contributed by atoms with Crippen LogP contribution in [0.5, 0.6) is 0 Å². The fraction of sp³-hybridized carbons (Fsp3) is 0.429. The quantitative estimate of drug-likeness (QED) is 0.281. The number of nitroso groups, excluding NO2 is 1. The van der Waals surface area contributed by atoms with Gasteiger partial charge in [-0.3, -0.25) is 9.78 Å². The third-order valence-electron chi connectivity index (χ3n) is 7.54. The summed E-state index contributed by atoms with van der Waals surface area (Å²) >= 11 is 6.34. The van der Waals surface area contributed by atoms with E-state index in [9.17, 15) is 9.70 Å². The Morgan fingerprint density at radius 1 is 1.06 bits per heavy atom. The Balaban J connectivity index is 1.57. The van der Waals surface area contributed by atoms with Crippen molar-refractivity contribution in [2.24, 2.45) is 11.1 Å². The van der Waals surface area contributed by atoms with Crippen LogP contribution in [0.1, 0.15) is 54.4 Å². The van der Waals surface area contributed by atoms with Gasteiger partial charge in [0.25, 0.3) is 0 Å². The highest BCUT2D eigenvalue weighted by atomic mass is 35.5. The number of Topliss-reactive ketones (excluding diaryl/α,β-unsaturated/α-hetero) is 1. The molecule has 1 N–H and O–H groups in total. The van der Waals surface area contributed by atoms with Gasteiger partial charge in [-0.25, -0.2) is 0 Å². The van der Waals surface area contributed by atoms with Crippen LogP contribution in [0.3, 0.4) is 0 Å². The summed E-state index contributed by atoms with van der Waals surface area (Å²) in [6.07, 6.45) is 8.08. The summed E-state index contributed by atoms with van der Waals surface area (Å²) < 4.78 is 0. The summed E-state index contributed by atoms with van der Waals surface area (Å²) in [4.78, 5) is 31.3. The van der Waals surface area contributed by atoms with E-state index in [-0.39, 0.29) is 17.4 Å². The summed E-state index contributed by atoms with van der Waals surface area (Å²) in [7, 11) is 4.29. The van der Waals surface area contributed by atoms with Crippen LogP contribution < -0.4 is 5.32 Å². The van der Waals surface area contributed by atoms with Crippen LogP contribution in [-0.2, 0) is 0 Å². The number of benzene rings is 2. The molecule has 2 saturated carbocycles. The van der Waals surface area contributed by atoms with E-state index in [4.69, 9.17) is 11.6 Å². The molecule has 0 spiro atoms. The SMILES string of the molecule is Cc1cc(-c2ccc3ncc(C(=O)C4CC4)c(NC4CCC(N(C)C)CC4)c3c2)cc(Cl)c1N=O. The Hall–Kier alpha value is -2.83. The van der Waals surface area contributed by atoms with E-state index in [2.05, 4.69) is 40.5 Å². The van der Waals surface area contributed by atoms with E-state index in [1.54, 1.807) is 12.3 Å². The number of aromatic nitrogens is 1. The molecule has 2 aliphatic carbocycles. The van der Waals surface area contributed by atoms with Gasteiger partial charge in [0, 0.05) is 29.6 Å². The third-order valence-corrected chi connectivity index (χ3v) is 7.82. The predicted octanol–water partition coefficient (Wildman–Crippen LogP) is 7.14. The molecule has 2 aliphatic rings. The van der Waals surface area contributed by atoms with E-state index in [1.807, 2.05) is 25.1 Å². The van der Waals surface area contributed by atoms with Gasteiger partial charge in [0.2, 0.25) is 0 Å². The molecule has 1 heterocycles. The van der Waals surface area contributed by atoms with Crippen molar-refractivity contribution < 1.29 is 4.79 Å². The van der Waals surface area contributed by atoms with Crippen molar-refractivity contribution in [2.45, 2.75) is 57.5 Å². The first-order valence-electron chi connectivity index (χ1n) is 12.4. The molecule has 182 valence electrons. The number of halogens is 1. The number of hydrogen-bond acceptors (Lipinski definition) is 6. The number of pyridine rings is 1. The lowest BCUT2D eigenvalue weighted by Crippen LogP contribution is -2.36. The summed E-state index contributed by atoms with van der Waals surface area (Å²) in [5, 5.41) is 8.11. The minimum atomic E-state index is 0.118. The maximum Gasteiger partial charge on any atom is 0.169 e. The molecule has 0 atom stereocenters. The van der Waals surface area contributed by atoms with Crippen molar-refractivity contribution in [2.75, 3.05) is 19.4 Å². The minimum absolute atomic E-state index is 0.118. The number of ketones is 1. The average Bonchev–Trinajstić information content (AvgIpc) is 3.69. The van der Waals surface area contributed by atoms with E-state index in [0.29, 0.717) is 22.7 Å². The Morgan fingerprint density at radius 2 is 1.80 bits per heavy atom. The lowest BCUT2D eigenvalue weighted by atomic mass is 9.89. The lowest BCUT2D eigenvalue weighted by molar-refractivity contribution is 0.0968. The van der Waals surface area contributed by atoms with Gasteiger partial charge < -0.3 is 10.2 Å². The number of carbonyl (C=O) groups excluding carboxylic acids is 1. The topological polar surface area (TPSA) is 74.7 Å². The molecule has 0 saturated heterocycles. The summed E-state index contributed by atoms with van der Waals surface area (Å²) in [5.74, 6) is 0.307. The van der Waals surface area contributed by atoms with Gasteiger partial charge in [-0.2, -0.15) is 0 Å². The molecule has 0 aliphatic heterocycles. The first kappa shape index (κ1) is 23.9.